The van der Waals surface area contributed by atoms with E-state index in [9.17, 15) is 0 Å². The lowest BCUT2D eigenvalue weighted by atomic mass is 9.79. The largest absolute Gasteiger partial charge is 0.489 e. The molecule has 1 aromatic rings. The van der Waals surface area contributed by atoms with E-state index in [2.05, 4.69) is 32.0 Å². The number of nitrogens with two attached hydrogens (primary N) is 1. The fourth-order valence-corrected chi connectivity index (χ4v) is 3.32. The third-order valence-electron chi connectivity index (χ3n) is 4.74. The van der Waals surface area contributed by atoms with E-state index in [-0.39, 0.29) is 10.8 Å². The van der Waals surface area contributed by atoms with Crippen LogP contribution in [0.4, 0.5) is 0 Å². The molecule has 1 aliphatic carbocycles. The molecule has 0 saturated heterocycles. The fraction of sp³-hybridized carbons (Fsp3) is 0.647. The first kappa shape index (κ1) is 13.7. The van der Waals surface area contributed by atoms with Crippen LogP contribution in [0.15, 0.2) is 18.2 Å². The van der Waals surface area contributed by atoms with Crippen LogP contribution < -0.4 is 15.2 Å². The fourth-order valence-electron chi connectivity index (χ4n) is 3.32. The average molecular weight is 275 g/mol. The van der Waals surface area contributed by atoms with Crippen molar-refractivity contribution in [1.29, 1.82) is 0 Å². The van der Waals surface area contributed by atoms with Crippen molar-refractivity contribution in [2.24, 2.45) is 11.1 Å². The van der Waals surface area contributed by atoms with Crippen LogP contribution in [0.1, 0.15) is 45.1 Å². The number of ether oxygens (including phenoxy) is 2. The van der Waals surface area contributed by atoms with Crippen molar-refractivity contribution < 1.29 is 9.47 Å². The molecule has 0 aromatic heterocycles. The van der Waals surface area contributed by atoms with Crippen LogP contribution in [-0.2, 0) is 5.41 Å². The molecule has 3 heteroatoms. The molecule has 2 N–H and O–H groups in total. The monoisotopic (exact) mass is 275 g/mol. The van der Waals surface area contributed by atoms with E-state index in [1.807, 2.05) is 0 Å². The molecule has 1 fully saturated rings. The highest BCUT2D eigenvalue weighted by molar-refractivity contribution is 5.46. The molecule has 3 rings (SSSR count). The Morgan fingerprint density at radius 1 is 1.05 bits per heavy atom. The average Bonchev–Trinajstić information content (AvgIpc) is 2.88. The number of rotatable bonds is 2. The summed E-state index contributed by atoms with van der Waals surface area (Å²) >= 11 is 0. The Morgan fingerprint density at radius 3 is 2.35 bits per heavy atom. The van der Waals surface area contributed by atoms with Crippen LogP contribution in [0.3, 0.4) is 0 Å². The van der Waals surface area contributed by atoms with E-state index in [0.717, 1.165) is 18.0 Å². The Labute approximate surface area is 121 Å². The Kier molecular flexibility index (Phi) is 3.41. The van der Waals surface area contributed by atoms with Gasteiger partial charge in [-0.2, -0.15) is 0 Å². The van der Waals surface area contributed by atoms with Crippen molar-refractivity contribution in [2.75, 3.05) is 19.8 Å². The maximum absolute atomic E-state index is 6.08. The lowest BCUT2D eigenvalue weighted by molar-refractivity contribution is 0.140. The van der Waals surface area contributed by atoms with E-state index in [0.29, 0.717) is 13.2 Å². The van der Waals surface area contributed by atoms with Gasteiger partial charge in [0.25, 0.3) is 0 Å². The minimum Gasteiger partial charge on any atom is -0.489 e. The second kappa shape index (κ2) is 4.96. The summed E-state index contributed by atoms with van der Waals surface area (Å²) in [6.45, 7) is 6.44. The zero-order valence-corrected chi connectivity index (χ0v) is 12.6. The minimum absolute atomic E-state index is 0.0537. The van der Waals surface area contributed by atoms with Gasteiger partial charge in [0.05, 0.1) is 13.2 Å². The predicted octanol–water partition coefficient (Wildman–Crippen LogP) is 3.25. The molecular weight excluding hydrogens is 250 g/mol. The molecule has 1 saturated carbocycles. The van der Waals surface area contributed by atoms with Gasteiger partial charge in [0, 0.05) is 17.4 Å². The van der Waals surface area contributed by atoms with Crippen LogP contribution in [0.2, 0.25) is 0 Å². The maximum Gasteiger partial charge on any atom is 0.161 e. The summed E-state index contributed by atoms with van der Waals surface area (Å²) in [7, 11) is 0. The zero-order chi connectivity index (χ0) is 14.2. The van der Waals surface area contributed by atoms with Gasteiger partial charge in [-0.1, -0.05) is 32.8 Å². The molecule has 110 valence electrons. The summed E-state index contributed by atoms with van der Waals surface area (Å²) in [4.78, 5) is 0. The SMILES string of the molecule is CC1(C)COc2ccc(C3(CN)CCCC3)cc2OC1. The highest BCUT2D eigenvalue weighted by Crippen LogP contribution is 2.43. The standard InChI is InChI=1S/C17H25NO2/c1-16(2)11-19-14-6-5-13(9-15(14)20-12-16)17(10-18)7-3-4-8-17/h5-6,9H,3-4,7-8,10-12,18H2,1-2H3. The number of benzene rings is 1. The molecule has 0 spiro atoms. The molecule has 2 aliphatic rings. The Bertz CT molecular complexity index is 490. The first-order chi connectivity index (χ1) is 9.55. The Hall–Kier alpha value is -1.22. The summed E-state index contributed by atoms with van der Waals surface area (Å²) < 4.78 is 11.9. The molecule has 20 heavy (non-hydrogen) atoms. The molecule has 1 aliphatic heterocycles. The quantitative estimate of drug-likeness (QED) is 0.901. The van der Waals surface area contributed by atoms with Crippen molar-refractivity contribution in [1.82, 2.24) is 0 Å². The lowest BCUT2D eigenvalue weighted by Gasteiger charge is -2.28. The van der Waals surface area contributed by atoms with Gasteiger partial charge in [-0.25, -0.2) is 0 Å². The summed E-state index contributed by atoms with van der Waals surface area (Å²) in [5, 5.41) is 0. The van der Waals surface area contributed by atoms with Gasteiger partial charge in [0.15, 0.2) is 11.5 Å². The minimum atomic E-state index is 0.0537. The summed E-state index contributed by atoms with van der Waals surface area (Å²) in [6.07, 6.45) is 4.93. The topological polar surface area (TPSA) is 44.5 Å². The van der Waals surface area contributed by atoms with Crippen LogP contribution in [0.5, 0.6) is 11.5 Å². The zero-order valence-electron chi connectivity index (χ0n) is 12.6. The highest BCUT2D eigenvalue weighted by atomic mass is 16.5. The molecule has 0 amide bonds. The van der Waals surface area contributed by atoms with Crippen molar-refractivity contribution >= 4 is 0 Å². The van der Waals surface area contributed by atoms with E-state index >= 15 is 0 Å². The third-order valence-corrected chi connectivity index (χ3v) is 4.74. The van der Waals surface area contributed by atoms with E-state index < -0.39 is 0 Å². The molecule has 1 aromatic carbocycles. The summed E-state index contributed by atoms with van der Waals surface area (Å²) in [5.74, 6) is 1.75. The molecular formula is C17H25NO2. The van der Waals surface area contributed by atoms with E-state index in [1.165, 1.54) is 31.2 Å². The molecule has 0 radical (unpaired) electrons. The van der Waals surface area contributed by atoms with Gasteiger partial charge in [-0.15, -0.1) is 0 Å². The number of fused-ring (bicyclic) bond motifs is 1. The van der Waals surface area contributed by atoms with Crippen LogP contribution >= 0.6 is 0 Å². The van der Waals surface area contributed by atoms with Gasteiger partial charge in [-0.05, 0) is 30.5 Å². The lowest BCUT2D eigenvalue weighted by Crippen LogP contribution is -2.31. The van der Waals surface area contributed by atoms with Crippen molar-refractivity contribution in [2.45, 2.75) is 44.9 Å². The summed E-state index contributed by atoms with van der Waals surface area (Å²) in [6, 6.07) is 6.40. The molecule has 1 heterocycles. The molecule has 3 nitrogen and oxygen atoms in total. The van der Waals surface area contributed by atoms with Crippen LogP contribution in [0.25, 0.3) is 0 Å². The van der Waals surface area contributed by atoms with Gasteiger partial charge >= 0.3 is 0 Å². The second-order valence-electron chi connectivity index (χ2n) is 7.09. The number of hydrogen-bond donors (Lipinski definition) is 1. The predicted molar refractivity (Wildman–Crippen MR) is 80.4 cm³/mol. The molecule has 0 bridgehead atoms. The number of hydrogen-bond acceptors (Lipinski definition) is 3. The Morgan fingerprint density at radius 2 is 1.70 bits per heavy atom. The van der Waals surface area contributed by atoms with Gasteiger partial charge in [0.2, 0.25) is 0 Å². The van der Waals surface area contributed by atoms with E-state index in [4.69, 9.17) is 15.2 Å². The second-order valence-corrected chi connectivity index (χ2v) is 7.09. The van der Waals surface area contributed by atoms with Crippen molar-refractivity contribution in [3.05, 3.63) is 23.8 Å². The van der Waals surface area contributed by atoms with Crippen LogP contribution in [-0.4, -0.2) is 19.8 Å². The summed E-state index contributed by atoms with van der Waals surface area (Å²) in [5.41, 5.74) is 7.60. The third kappa shape index (κ3) is 2.39. The van der Waals surface area contributed by atoms with E-state index in [1.54, 1.807) is 0 Å². The van der Waals surface area contributed by atoms with Gasteiger partial charge in [-0.3, -0.25) is 0 Å². The van der Waals surface area contributed by atoms with Gasteiger partial charge < -0.3 is 15.2 Å². The molecule has 0 atom stereocenters. The highest BCUT2D eigenvalue weighted by Gasteiger charge is 2.35. The van der Waals surface area contributed by atoms with Crippen molar-refractivity contribution in [3.8, 4) is 11.5 Å². The smallest absolute Gasteiger partial charge is 0.161 e. The van der Waals surface area contributed by atoms with Crippen molar-refractivity contribution in [3.63, 3.8) is 0 Å². The van der Waals surface area contributed by atoms with Crippen LogP contribution in [0, 0.1) is 5.41 Å². The van der Waals surface area contributed by atoms with Gasteiger partial charge in [0.1, 0.15) is 0 Å². The first-order valence-electron chi connectivity index (χ1n) is 7.65. The normalized spacial score (nSPS) is 23.4. The first-order valence-corrected chi connectivity index (χ1v) is 7.65. The maximum atomic E-state index is 6.08. The molecule has 0 unspecified atom stereocenters. The Balaban J connectivity index is 1.92.